The molecule has 3 amide bonds. The van der Waals surface area contributed by atoms with Gasteiger partial charge in [-0.25, -0.2) is 22.0 Å². The van der Waals surface area contributed by atoms with Gasteiger partial charge in [0.2, 0.25) is 22.4 Å². The predicted octanol–water partition coefficient (Wildman–Crippen LogP) is 4.17. The third-order valence-electron chi connectivity index (χ3n) is 13.5. The average Bonchev–Trinajstić information content (AvgIpc) is 4.05. The number of aromatic nitrogens is 2. The Balaban J connectivity index is 1.18. The fraction of sp³-hybridized carbons (Fsp3) is 0.619. The van der Waals surface area contributed by atoms with E-state index in [-0.39, 0.29) is 54.7 Å². The van der Waals surface area contributed by atoms with Crippen molar-refractivity contribution in [2.45, 2.75) is 127 Å². The number of hydrogen-bond donors (Lipinski definition) is 4. The smallest absolute Gasteiger partial charge is 0.408 e. The van der Waals surface area contributed by atoms with Crippen molar-refractivity contribution < 1.29 is 46.2 Å². The van der Waals surface area contributed by atoms with E-state index in [4.69, 9.17) is 21.1 Å². The molecule has 10 atom stereocenters. The molecule has 19 heteroatoms. The van der Waals surface area contributed by atoms with E-state index in [1.165, 1.54) is 22.5 Å². The highest BCUT2D eigenvalue weighted by atomic mass is 35.5. The van der Waals surface area contributed by atoms with E-state index in [9.17, 15) is 41.5 Å². The lowest BCUT2D eigenvalue weighted by Gasteiger charge is -2.38. The third kappa shape index (κ3) is 7.87. The summed E-state index contributed by atoms with van der Waals surface area (Å²) >= 11 is 6.30. The Morgan fingerprint density at radius 1 is 1.15 bits per heavy atom. The maximum absolute atomic E-state index is 15.0. The van der Waals surface area contributed by atoms with Crippen LogP contribution in [0, 0.1) is 29.1 Å². The van der Waals surface area contributed by atoms with E-state index in [1.807, 2.05) is 23.0 Å². The van der Waals surface area contributed by atoms with Crippen molar-refractivity contribution in [3.05, 3.63) is 63.1 Å². The topological polar surface area (TPSA) is 198 Å². The number of hydrogen-bond acceptors (Lipinski definition) is 11. The van der Waals surface area contributed by atoms with Crippen LogP contribution in [0.15, 0.2) is 52.5 Å². The molecule has 330 valence electrons. The van der Waals surface area contributed by atoms with Crippen LogP contribution in [0.5, 0.6) is 6.01 Å². The number of carbonyl (C=O) groups is 3. The number of fused-ring (bicyclic) bond motifs is 7. The molecule has 8 rings (SSSR count). The number of benzene rings is 1. The molecule has 3 heterocycles. The molecule has 2 aliphatic heterocycles. The Morgan fingerprint density at radius 3 is 2.52 bits per heavy atom. The summed E-state index contributed by atoms with van der Waals surface area (Å²) in [7, 11) is -4.25. The highest BCUT2D eigenvalue weighted by Crippen LogP contribution is 2.50. The largest absolute Gasteiger partial charge is 0.459 e. The normalized spacial score (nSPS) is 33.1. The molecule has 2 aromatic rings. The van der Waals surface area contributed by atoms with Gasteiger partial charge in [-0.3, -0.25) is 29.0 Å². The fourth-order valence-corrected chi connectivity index (χ4v) is 10.7. The second-order valence-corrected chi connectivity index (χ2v) is 21.3. The molecule has 1 unspecified atom stereocenters. The van der Waals surface area contributed by atoms with E-state index in [1.54, 1.807) is 39.8 Å². The maximum Gasteiger partial charge on any atom is 0.408 e. The molecule has 1 saturated heterocycles. The van der Waals surface area contributed by atoms with E-state index in [2.05, 4.69) is 21.3 Å². The molecule has 1 aromatic heterocycles. The van der Waals surface area contributed by atoms with E-state index in [0.717, 1.165) is 5.57 Å². The van der Waals surface area contributed by atoms with Crippen molar-refractivity contribution in [3.63, 3.8) is 0 Å². The summed E-state index contributed by atoms with van der Waals surface area (Å²) in [6, 6.07) is 1.98. The second-order valence-electron chi connectivity index (χ2n) is 18.7. The van der Waals surface area contributed by atoms with Crippen molar-refractivity contribution >= 4 is 50.4 Å². The number of nitrogens with one attached hydrogen (secondary N) is 3. The van der Waals surface area contributed by atoms with Crippen LogP contribution in [0.25, 0.3) is 10.9 Å². The third-order valence-corrected chi connectivity index (χ3v) is 15.9. The van der Waals surface area contributed by atoms with Crippen LogP contribution in [0.1, 0.15) is 73.1 Å². The Kier molecular flexibility index (Phi) is 11.0. The molecule has 1 aromatic carbocycles. The highest BCUT2D eigenvalue weighted by Gasteiger charge is 2.67. The van der Waals surface area contributed by atoms with Gasteiger partial charge in [0.05, 0.1) is 28.2 Å². The molecule has 3 saturated carbocycles. The number of halogens is 3. The van der Waals surface area contributed by atoms with Gasteiger partial charge in [-0.2, -0.15) is 4.98 Å². The van der Waals surface area contributed by atoms with Crippen LogP contribution in [0.3, 0.4) is 0 Å². The van der Waals surface area contributed by atoms with Crippen molar-refractivity contribution in [2.24, 2.45) is 29.1 Å². The van der Waals surface area contributed by atoms with Crippen LogP contribution in [0.4, 0.5) is 13.6 Å². The van der Waals surface area contributed by atoms with Crippen molar-refractivity contribution in [1.82, 2.24) is 29.8 Å². The summed E-state index contributed by atoms with van der Waals surface area (Å²) < 4.78 is 69.6. The van der Waals surface area contributed by atoms with Gasteiger partial charge in [-0.15, -0.1) is 5.73 Å². The Bertz CT molecular complexity index is 2430. The molecular formula is C42H51ClF2N6O9S. The molecule has 4 aliphatic carbocycles. The number of aliphatic hydroxyl groups is 1. The molecular weight excluding hydrogens is 838 g/mol. The molecule has 0 radical (unpaired) electrons. The number of nitrogens with zero attached hydrogens (tertiary/aromatic N) is 3. The summed E-state index contributed by atoms with van der Waals surface area (Å²) in [5.41, 5.74) is 0.992. The Hall–Kier alpha value is -4.35. The molecule has 4 fully saturated rings. The quantitative estimate of drug-likeness (QED) is 0.177. The number of amides is 3. The second kappa shape index (κ2) is 15.5. The number of rotatable bonds is 7. The average molecular weight is 889 g/mol. The van der Waals surface area contributed by atoms with Gasteiger partial charge < -0.3 is 24.8 Å². The molecule has 15 nitrogen and oxygen atoms in total. The number of alkyl carbamates (subject to hydrolysis) is 1. The van der Waals surface area contributed by atoms with E-state index in [0.29, 0.717) is 24.3 Å². The first-order valence-electron chi connectivity index (χ1n) is 20.7. The zero-order valence-electron chi connectivity index (χ0n) is 34.5. The van der Waals surface area contributed by atoms with Crippen LogP contribution in [-0.2, 0) is 30.9 Å². The zero-order chi connectivity index (χ0) is 44.0. The molecule has 6 aliphatic rings. The van der Waals surface area contributed by atoms with Gasteiger partial charge in [0.15, 0.2) is 0 Å². The monoisotopic (exact) mass is 888 g/mol. The van der Waals surface area contributed by atoms with Gasteiger partial charge >= 0.3 is 6.09 Å². The molecule has 2 bridgehead atoms. The SMILES string of the molecule is C[C@@H]1[C@@H]2CN(C(=O)[C@H](C(C)(C)C)NC(=O)O[C@@H]3C[C@@H]4C=C=C4[C@H]3CC/C=C/Cn3c(nc4cc(Cl)ccc4c3=O)O2)[C@@H]1C(O)N[C@]1(C(=O)NS(=O)(=O)C2(C)CC2)C[C@H]1C(F)F. The standard InChI is InChI=1S/C42H51ClF2N6O9S/c1-21-30-20-51(31(21)34(52)48-42(19-27(42)33(44)45)37(55)49-61(57,58)41(5)14-15-41)36(54)32(40(2,3)4)47-39(56)60-29-17-22-10-12-24(22)25(29)9-7-6-8-16-50-35(53)26-13-11-23(43)18-28(26)46-38(50)59-30/h6,8,10-11,13,18,21-22,25,27,29-34,48,52H,7,9,14-17,19-20H2,1-5H3,(H,47,56)(H,49,55)/b8-6+/t21-,22+,25-,27+,29-,30+,31+,32-,34?,42-/m1/s1. The summed E-state index contributed by atoms with van der Waals surface area (Å²) in [5.74, 6) is -4.44. The van der Waals surface area contributed by atoms with Gasteiger partial charge in [-0.1, -0.05) is 51.4 Å². The van der Waals surface area contributed by atoms with Crippen LogP contribution in [0.2, 0.25) is 5.02 Å². The van der Waals surface area contributed by atoms with Gasteiger partial charge in [0, 0.05) is 35.2 Å². The van der Waals surface area contributed by atoms with Crippen LogP contribution < -0.4 is 25.7 Å². The molecule has 0 spiro atoms. The summed E-state index contributed by atoms with van der Waals surface area (Å²) in [5, 5.41) is 18.1. The first kappa shape index (κ1) is 43.3. The Labute approximate surface area is 357 Å². The number of aliphatic hydroxyl groups excluding tert-OH is 1. The van der Waals surface area contributed by atoms with Crippen LogP contribution in [-0.4, -0.2) is 99.7 Å². The van der Waals surface area contributed by atoms with E-state index < -0.39 is 104 Å². The fourth-order valence-electron chi connectivity index (χ4n) is 9.24. The summed E-state index contributed by atoms with van der Waals surface area (Å²) in [4.78, 5) is 62.4. The number of carbonyl (C=O) groups excluding carboxylic acids is 3. The van der Waals surface area contributed by atoms with Gasteiger partial charge in [-0.05, 0) is 80.7 Å². The lowest BCUT2D eigenvalue weighted by Crippen LogP contribution is -2.63. The highest BCUT2D eigenvalue weighted by molar-refractivity contribution is 7.91. The molecule has 4 N–H and O–H groups in total. The number of sulfonamides is 1. The first-order valence-corrected chi connectivity index (χ1v) is 22.6. The van der Waals surface area contributed by atoms with Crippen LogP contribution >= 0.6 is 11.6 Å². The summed E-state index contributed by atoms with van der Waals surface area (Å²) in [6.45, 7) is 8.10. The minimum absolute atomic E-state index is 0.0516. The number of allylic oxidation sites excluding steroid dienone is 2. The van der Waals surface area contributed by atoms with E-state index >= 15 is 0 Å². The minimum atomic E-state index is -4.25. The maximum atomic E-state index is 15.0. The number of ether oxygens (including phenoxy) is 2. The van der Waals surface area contributed by atoms with Gasteiger partial charge in [0.1, 0.15) is 30.0 Å². The van der Waals surface area contributed by atoms with Crippen molar-refractivity contribution in [2.75, 3.05) is 6.54 Å². The Morgan fingerprint density at radius 2 is 1.89 bits per heavy atom. The van der Waals surface area contributed by atoms with Gasteiger partial charge in [0.25, 0.3) is 17.5 Å². The van der Waals surface area contributed by atoms with Crippen molar-refractivity contribution in [3.8, 4) is 6.01 Å². The number of alkyl halides is 2. The van der Waals surface area contributed by atoms with Crippen molar-refractivity contribution in [1.29, 1.82) is 0 Å². The minimum Gasteiger partial charge on any atom is -0.459 e. The molecule has 61 heavy (non-hydrogen) atoms. The first-order chi connectivity index (χ1) is 28.6. The lowest BCUT2D eigenvalue weighted by atomic mass is 9.85. The lowest BCUT2D eigenvalue weighted by molar-refractivity contribution is -0.141. The predicted molar refractivity (Wildman–Crippen MR) is 219 cm³/mol. The zero-order valence-corrected chi connectivity index (χ0v) is 36.1. The summed E-state index contributed by atoms with van der Waals surface area (Å²) in [6.07, 6.45) is 0.238.